The molecule has 0 aliphatic carbocycles. The molecule has 118 valence electrons. The zero-order valence-corrected chi connectivity index (χ0v) is 13.0. The number of ether oxygens (including phenoxy) is 1. The summed E-state index contributed by atoms with van der Waals surface area (Å²) in [5.41, 5.74) is 0. The summed E-state index contributed by atoms with van der Waals surface area (Å²) in [6.07, 6.45) is 2.92. The monoisotopic (exact) mass is 287 g/mol. The van der Waals surface area contributed by atoms with Gasteiger partial charge in [-0.25, -0.2) is 0 Å². The maximum atomic E-state index is 11.7. The fourth-order valence-electron chi connectivity index (χ4n) is 1.73. The van der Waals surface area contributed by atoms with E-state index < -0.39 is 0 Å². The summed E-state index contributed by atoms with van der Waals surface area (Å²) >= 11 is 0. The van der Waals surface area contributed by atoms with Crippen LogP contribution in [-0.4, -0.2) is 58.1 Å². The third-order valence-electron chi connectivity index (χ3n) is 2.97. The minimum atomic E-state index is -0.364. The lowest BCUT2D eigenvalue weighted by atomic mass is 10.1. The summed E-state index contributed by atoms with van der Waals surface area (Å²) in [5, 5.41) is 8.80. The normalized spacial score (nSPS) is 12.2. The van der Waals surface area contributed by atoms with E-state index in [1.165, 1.54) is 6.92 Å². The largest absolute Gasteiger partial charge is 0.380 e. The first-order valence-corrected chi connectivity index (χ1v) is 7.28. The Morgan fingerprint density at radius 1 is 1.05 bits per heavy atom. The van der Waals surface area contributed by atoms with Gasteiger partial charge in [-0.2, -0.15) is 0 Å². The van der Waals surface area contributed by atoms with Crippen molar-refractivity contribution in [2.45, 2.75) is 38.6 Å². The number of likely N-dealkylation sites (N-methyl/N-ethyl adjacent to an activating group) is 1. The molecule has 0 radical (unpaired) electrons. The van der Waals surface area contributed by atoms with E-state index in [9.17, 15) is 9.59 Å². The summed E-state index contributed by atoms with van der Waals surface area (Å²) in [6, 6.07) is -0.364. The Morgan fingerprint density at radius 3 is 2.35 bits per heavy atom. The number of hydrogen-bond donors (Lipinski definition) is 3. The van der Waals surface area contributed by atoms with Crippen molar-refractivity contribution in [1.82, 2.24) is 16.0 Å². The van der Waals surface area contributed by atoms with Crippen molar-refractivity contribution in [2.75, 3.05) is 40.4 Å². The van der Waals surface area contributed by atoms with Crippen molar-refractivity contribution in [3.63, 3.8) is 0 Å². The fourth-order valence-corrected chi connectivity index (χ4v) is 1.73. The van der Waals surface area contributed by atoms with Gasteiger partial charge in [-0.05, 0) is 46.8 Å². The van der Waals surface area contributed by atoms with Gasteiger partial charge in [-0.3, -0.25) is 9.59 Å². The number of amides is 1. The van der Waals surface area contributed by atoms with E-state index in [0.717, 1.165) is 25.9 Å². The summed E-state index contributed by atoms with van der Waals surface area (Å²) in [5.74, 6) is -0.109. The van der Waals surface area contributed by atoms with E-state index in [-0.39, 0.29) is 17.7 Å². The van der Waals surface area contributed by atoms with Crippen molar-refractivity contribution in [2.24, 2.45) is 0 Å². The van der Waals surface area contributed by atoms with Crippen LogP contribution in [0.1, 0.15) is 32.6 Å². The third kappa shape index (κ3) is 10.9. The number of carbonyl (C=O) groups excluding carboxylic acids is 2. The van der Waals surface area contributed by atoms with Crippen LogP contribution < -0.4 is 16.0 Å². The lowest BCUT2D eigenvalue weighted by Gasteiger charge is -2.16. The van der Waals surface area contributed by atoms with Gasteiger partial charge >= 0.3 is 0 Å². The van der Waals surface area contributed by atoms with Gasteiger partial charge in [0.25, 0.3) is 0 Å². The van der Waals surface area contributed by atoms with Gasteiger partial charge in [-0.1, -0.05) is 0 Å². The van der Waals surface area contributed by atoms with E-state index in [1.54, 1.807) is 0 Å². The minimum absolute atomic E-state index is 0.0129. The molecule has 6 heteroatoms. The summed E-state index contributed by atoms with van der Waals surface area (Å²) < 4.78 is 5.28. The number of ketones is 1. The average Bonchev–Trinajstić information content (AvgIpc) is 2.41. The van der Waals surface area contributed by atoms with E-state index in [1.807, 2.05) is 14.1 Å². The molecule has 0 bridgehead atoms. The molecule has 0 spiro atoms. The Bertz CT molecular complexity index is 272. The first-order chi connectivity index (χ1) is 9.61. The number of unbranched alkanes of at least 4 members (excludes halogenated alkanes) is 1. The number of hydrogen-bond acceptors (Lipinski definition) is 5. The number of Topliss-reactive ketones (excluding diaryl/α,β-unsaturated/α-hetero) is 1. The van der Waals surface area contributed by atoms with Gasteiger partial charge in [0.05, 0.1) is 19.3 Å². The Balaban J connectivity index is 3.81. The summed E-state index contributed by atoms with van der Waals surface area (Å²) in [4.78, 5) is 23.2. The molecule has 0 heterocycles. The molecule has 1 atom stereocenters. The van der Waals surface area contributed by atoms with Crippen LogP contribution >= 0.6 is 0 Å². The Labute approximate surface area is 122 Å². The molecule has 0 saturated heterocycles. The molecule has 0 saturated carbocycles. The first-order valence-electron chi connectivity index (χ1n) is 7.28. The van der Waals surface area contributed by atoms with Crippen LogP contribution in [0.25, 0.3) is 0 Å². The van der Waals surface area contributed by atoms with E-state index in [4.69, 9.17) is 4.74 Å². The molecule has 1 unspecified atom stereocenters. The highest BCUT2D eigenvalue weighted by atomic mass is 16.5. The zero-order chi connectivity index (χ0) is 15.2. The quantitative estimate of drug-likeness (QED) is 0.418. The molecule has 3 N–H and O–H groups in total. The van der Waals surface area contributed by atoms with Gasteiger partial charge in [0.1, 0.15) is 0 Å². The van der Waals surface area contributed by atoms with Crippen molar-refractivity contribution in [3.8, 4) is 0 Å². The molecule has 20 heavy (non-hydrogen) atoms. The molecule has 0 rings (SSSR count). The van der Waals surface area contributed by atoms with Crippen LogP contribution in [0.5, 0.6) is 0 Å². The van der Waals surface area contributed by atoms with Crippen LogP contribution in [0.4, 0.5) is 0 Å². The first kappa shape index (κ1) is 19.0. The van der Waals surface area contributed by atoms with Gasteiger partial charge in [-0.15, -0.1) is 0 Å². The van der Waals surface area contributed by atoms with Crippen LogP contribution in [0, 0.1) is 0 Å². The maximum absolute atomic E-state index is 11.7. The van der Waals surface area contributed by atoms with Crippen molar-refractivity contribution in [1.29, 1.82) is 0 Å². The van der Waals surface area contributed by atoms with Gasteiger partial charge in [0, 0.05) is 13.0 Å². The maximum Gasteiger partial charge on any atom is 0.222 e. The van der Waals surface area contributed by atoms with Crippen molar-refractivity contribution < 1.29 is 14.3 Å². The molecule has 0 aromatic carbocycles. The molecular formula is C14H29N3O3. The summed E-state index contributed by atoms with van der Waals surface area (Å²) in [7, 11) is 3.75. The smallest absolute Gasteiger partial charge is 0.222 e. The molecule has 0 aliphatic rings. The molecule has 0 aromatic heterocycles. The Hall–Kier alpha value is -0.980. The van der Waals surface area contributed by atoms with Gasteiger partial charge in [0.2, 0.25) is 5.91 Å². The fraction of sp³-hybridized carbons (Fsp3) is 0.857. The van der Waals surface area contributed by atoms with Crippen LogP contribution in [0.2, 0.25) is 0 Å². The third-order valence-corrected chi connectivity index (χ3v) is 2.97. The highest BCUT2D eigenvalue weighted by Crippen LogP contribution is 2.02. The molecular weight excluding hydrogens is 258 g/mol. The molecule has 1 amide bonds. The van der Waals surface area contributed by atoms with E-state index in [0.29, 0.717) is 26.1 Å². The van der Waals surface area contributed by atoms with E-state index >= 15 is 0 Å². The van der Waals surface area contributed by atoms with Crippen molar-refractivity contribution >= 4 is 11.7 Å². The SMILES string of the molecule is CNCCCCC(NC(=O)CCOCCNC)C(C)=O. The second-order valence-corrected chi connectivity index (χ2v) is 4.80. The van der Waals surface area contributed by atoms with Crippen LogP contribution in [0.3, 0.4) is 0 Å². The standard InChI is InChI=1S/C14H29N3O3/c1-12(18)13(6-4-5-8-15-2)17-14(19)7-10-20-11-9-16-3/h13,15-16H,4-11H2,1-3H3,(H,17,19). The summed E-state index contributed by atoms with van der Waals surface area (Å²) in [6.45, 7) is 4.19. The topological polar surface area (TPSA) is 79.5 Å². The van der Waals surface area contributed by atoms with Gasteiger partial charge in [0.15, 0.2) is 5.78 Å². The lowest BCUT2D eigenvalue weighted by Crippen LogP contribution is -2.40. The zero-order valence-electron chi connectivity index (χ0n) is 13.0. The number of carbonyl (C=O) groups is 2. The Kier molecular flexibility index (Phi) is 12.4. The molecule has 0 aliphatic heterocycles. The predicted octanol–water partition coefficient (Wildman–Crippen LogP) is 0.0760. The lowest BCUT2D eigenvalue weighted by molar-refractivity contribution is -0.127. The number of rotatable bonds is 13. The molecule has 0 fully saturated rings. The van der Waals surface area contributed by atoms with Crippen LogP contribution in [-0.2, 0) is 14.3 Å². The Morgan fingerprint density at radius 2 is 1.75 bits per heavy atom. The van der Waals surface area contributed by atoms with E-state index in [2.05, 4.69) is 16.0 Å². The second-order valence-electron chi connectivity index (χ2n) is 4.80. The minimum Gasteiger partial charge on any atom is -0.380 e. The van der Waals surface area contributed by atoms with Gasteiger partial charge < -0.3 is 20.7 Å². The second kappa shape index (κ2) is 13.0. The average molecular weight is 287 g/mol. The van der Waals surface area contributed by atoms with Crippen LogP contribution in [0.15, 0.2) is 0 Å². The number of nitrogens with one attached hydrogen (secondary N) is 3. The molecule has 0 aromatic rings. The predicted molar refractivity (Wildman–Crippen MR) is 79.8 cm³/mol. The highest BCUT2D eigenvalue weighted by Gasteiger charge is 2.16. The molecule has 6 nitrogen and oxygen atoms in total. The highest BCUT2D eigenvalue weighted by molar-refractivity contribution is 5.87. The van der Waals surface area contributed by atoms with Crippen molar-refractivity contribution in [3.05, 3.63) is 0 Å².